The Kier molecular flexibility index (Phi) is 3.56. The molecule has 0 aliphatic heterocycles. The summed E-state index contributed by atoms with van der Waals surface area (Å²) in [6.45, 7) is 8.23. The van der Waals surface area contributed by atoms with E-state index < -0.39 is 5.97 Å². The summed E-state index contributed by atoms with van der Waals surface area (Å²) >= 11 is 0. The van der Waals surface area contributed by atoms with Crippen LogP contribution in [0, 0.1) is 11.3 Å². The van der Waals surface area contributed by atoms with Gasteiger partial charge in [-0.05, 0) is 17.8 Å². The number of hydrogen-bond donors (Lipinski definition) is 1. The third-order valence-corrected chi connectivity index (χ3v) is 2.76. The minimum absolute atomic E-state index is 0.0359. The Bertz CT molecular complexity index is 140. The van der Waals surface area contributed by atoms with Crippen molar-refractivity contribution in [2.24, 2.45) is 11.3 Å². The number of carboxylic acid groups (broad SMARTS) is 1. The summed E-state index contributed by atoms with van der Waals surface area (Å²) in [6.07, 6.45) is 1.21. The minimum atomic E-state index is -0.692. The van der Waals surface area contributed by atoms with Crippen LogP contribution < -0.4 is 0 Å². The van der Waals surface area contributed by atoms with Gasteiger partial charge in [0, 0.05) is 0 Å². The molecule has 0 aromatic heterocycles. The number of carbonyl (C=O) groups is 1. The van der Waals surface area contributed by atoms with Gasteiger partial charge in [-0.15, -0.1) is 0 Å². The van der Waals surface area contributed by atoms with Crippen LogP contribution in [0.1, 0.15) is 40.5 Å². The van der Waals surface area contributed by atoms with Crippen molar-refractivity contribution in [2.75, 3.05) is 0 Å². The summed E-state index contributed by atoms with van der Waals surface area (Å²) in [5, 5.41) is 8.63. The molecule has 0 heterocycles. The molecule has 0 aliphatic carbocycles. The van der Waals surface area contributed by atoms with Crippen LogP contribution in [-0.4, -0.2) is 11.1 Å². The lowest BCUT2D eigenvalue weighted by molar-refractivity contribution is -0.140. The smallest absolute Gasteiger partial charge is 0.303 e. The lowest BCUT2D eigenvalue weighted by atomic mass is 9.74. The summed E-state index contributed by atoms with van der Waals surface area (Å²) in [4.78, 5) is 10.5. The molecule has 1 unspecified atom stereocenters. The van der Waals surface area contributed by atoms with Crippen LogP contribution in [0.15, 0.2) is 0 Å². The third kappa shape index (κ3) is 2.91. The number of carboxylic acids is 1. The molecule has 0 saturated heterocycles. The highest BCUT2D eigenvalue weighted by molar-refractivity contribution is 5.67. The van der Waals surface area contributed by atoms with Gasteiger partial charge in [0.05, 0.1) is 6.42 Å². The van der Waals surface area contributed by atoms with E-state index in [0.29, 0.717) is 5.92 Å². The van der Waals surface area contributed by atoms with Gasteiger partial charge < -0.3 is 5.11 Å². The van der Waals surface area contributed by atoms with Crippen molar-refractivity contribution in [3.8, 4) is 0 Å². The van der Waals surface area contributed by atoms with E-state index in [9.17, 15) is 4.79 Å². The zero-order valence-corrected chi connectivity index (χ0v) is 7.85. The highest BCUT2D eigenvalue weighted by atomic mass is 16.4. The van der Waals surface area contributed by atoms with Crippen LogP contribution in [0.5, 0.6) is 0 Å². The lowest BCUT2D eigenvalue weighted by Crippen LogP contribution is -2.25. The maximum Gasteiger partial charge on any atom is 0.303 e. The predicted octanol–water partition coefficient (Wildman–Crippen LogP) is 2.53. The van der Waals surface area contributed by atoms with Crippen molar-refractivity contribution in [2.45, 2.75) is 40.5 Å². The first kappa shape index (κ1) is 10.5. The minimum Gasteiger partial charge on any atom is -0.481 e. The van der Waals surface area contributed by atoms with Gasteiger partial charge in [-0.3, -0.25) is 4.79 Å². The van der Waals surface area contributed by atoms with Crippen molar-refractivity contribution in [3.63, 3.8) is 0 Å². The first-order valence-electron chi connectivity index (χ1n) is 4.14. The van der Waals surface area contributed by atoms with E-state index in [4.69, 9.17) is 5.11 Å². The van der Waals surface area contributed by atoms with E-state index in [2.05, 4.69) is 13.8 Å². The van der Waals surface area contributed by atoms with Crippen molar-refractivity contribution < 1.29 is 9.90 Å². The van der Waals surface area contributed by atoms with Gasteiger partial charge in [0.1, 0.15) is 0 Å². The maximum atomic E-state index is 10.5. The molecular weight excluding hydrogens is 140 g/mol. The van der Waals surface area contributed by atoms with Crippen LogP contribution >= 0.6 is 0 Å². The van der Waals surface area contributed by atoms with E-state index in [1.807, 2.05) is 13.8 Å². The molecule has 0 bridgehead atoms. The predicted molar refractivity (Wildman–Crippen MR) is 45.5 cm³/mol. The Morgan fingerprint density at radius 3 is 2.09 bits per heavy atom. The van der Waals surface area contributed by atoms with Crippen molar-refractivity contribution in [1.29, 1.82) is 0 Å². The van der Waals surface area contributed by atoms with Crippen LogP contribution in [0.3, 0.4) is 0 Å². The first-order valence-corrected chi connectivity index (χ1v) is 4.14. The largest absolute Gasteiger partial charge is 0.481 e. The van der Waals surface area contributed by atoms with Gasteiger partial charge in [0.25, 0.3) is 0 Å². The molecule has 0 aliphatic rings. The molecule has 0 spiro atoms. The van der Waals surface area contributed by atoms with Crippen LogP contribution in [0.2, 0.25) is 0 Å². The fraction of sp³-hybridized carbons (Fsp3) is 0.889. The second kappa shape index (κ2) is 3.74. The summed E-state index contributed by atoms with van der Waals surface area (Å²) in [5.74, 6) is -0.258. The molecule has 0 saturated carbocycles. The van der Waals surface area contributed by atoms with E-state index in [-0.39, 0.29) is 11.8 Å². The molecule has 0 fully saturated rings. The average molecular weight is 158 g/mol. The lowest BCUT2D eigenvalue weighted by Gasteiger charge is -2.30. The molecule has 1 atom stereocenters. The normalized spacial score (nSPS) is 16.5. The fourth-order valence-corrected chi connectivity index (χ4v) is 1.08. The van der Waals surface area contributed by atoms with Crippen LogP contribution in [0.4, 0.5) is 0 Å². The standard InChI is InChI=1S/C9H18O2/c1-5-9(4,7(2)3)6-8(10)11/h7H,5-6H2,1-4H3,(H,10,11). The topological polar surface area (TPSA) is 37.3 Å². The number of hydrogen-bond acceptors (Lipinski definition) is 1. The summed E-state index contributed by atoms with van der Waals surface area (Å²) < 4.78 is 0. The molecule has 0 rings (SSSR count). The van der Waals surface area contributed by atoms with Gasteiger partial charge in [0.2, 0.25) is 0 Å². The Balaban J connectivity index is 4.22. The van der Waals surface area contributed by atoms with Gasteiger partial charge in [-0.25, -0.2) is 0 Å². The molecule has 11 heavy (non-hydrogen) atoms. The average Bonchev–Trinajstić information content (AvgIpc) is 1.86. The quantitative estimate of drug-likeness (QED) is 0.682. The zero-order valence-electron chi connectivity index (χ0n) is 7.85. The second-order valence-electron chi connectivity index (χ2n) is 3.73. The van der Waals surface area contributed by atoms with E-state index in [0.717, 1.165) is 6.42 Å². The Labute approximate surface area is 68.6 Å². The zero-order chi connectivity index (χ0) is 9.07. The monoisotopic (exact) mass is 158 g/mol. The van der Waals surface area contributed by atoms with E-state index in [1.165, 1.54) is 0 Å². The summed E-state index contributed by atoms with van der Waals surface area (Å²) in [7, 11) is 0. The van der Waals surface area contributed by atoms with Crippen molar-refractivity contribution in [3.05, 3.63) is 0 Å². The van der Waals surface area contributed by atoms with Crippen LogP contribution in [-0.2, 0) is 4.79 Å². The summed E-state index contributed by atoms with van der Waals surface area (Å²) in [6, 6.07) is 0. The van der Waals surface area contributed by atoms with Gasteiger partial charge in [-0.2, -0.15) is 0 Å². The first-order chi connectivity index (χ1) is 4.92. The van der Waals surface area contributed by atoms with Gasteiger partial charge in [-0.1, -0.05) is 27.7 Å². The Morgan fingerprint density at radius 2 is 2.00 bits per heavy atom. The maximum absolute atomic E-state index is 10.5. The summed E-state index contributed by atoms with van der Waals surface area (Å²) in [5.41, 5.74) is -0.0359. The number of rotatable bonds is 4. The molecule has 0 aromatic carbocycles. The van der Waals surface area contributed by atoms with Crippen LogP contribution in [0.25, 0.3) is 0 Å². The highest BCUT2D eigenvalue weighted by Gasteiger charge is 2.28. The molecule has 1 N–H and O–H groups in total. The SMILES string of the molecule is CCC(C)(CC(=O)O)C(C)C. The van der Waals surface area contributed by atoms with Crippen molar-refractivity contribution in [1.82, 2.24) is 0 Å². The van der Waals surface area contributed by atoms with Gasteiger partial charge >= 0.3 is 5.97 Å². The molecule has 0 amide bonds. The highest BCUT2D eigenvalue weighted by Crippen LogP contribution is 2.34. The fourth-order valence-electron chi connectivity index (χ4n) is 1.08. The number of aliphatic carboxylic acids is 1. The second-order valence-corrected chi connectivity index (χ2v) is 3.73. The van der Waals surface area contributed by atoms with E-state index in [1.54, 1.807) is 0 Å². The Hall–Kier alpha value is -0.530. The molecular formula is C9H18O2. The van der Waals surface area contributed by atoms with Crippen molar-refractivity contribution >= 4 is 5.97 Å². The van der Waals surface area contributed by atoms with Gasteiger partial charge in [0.15, 0.2) is 0 Å². The Morgan fingerprint density at radius 1 is 1.55 bits per heavy atom. The molecule has 2 nitrogen and oxygen atoms in total. The molecule has 66 valence electrons. The van der Waals surface area contributed by atoms with E-state index >= 15 is 0 Å². The molecule has 0 radical (unpaired) electrons. The third-order valence-electron chi connectivity index (χ3n) is 2.76. The molecule has 2 heteroatoms. The molecule has 0 aromatic rings.